The number of hydrogen-bond donors (Lipinski definition) is 0. The van der Waals surface area contributed by atoms with Crippen molar-refractivity contribution >= 4 is 38.5 Å². The largest absolute Gasteiger partial charge is 0.439 e. The summed E-state index contributed by atoms with van der Waals surface area (Å²) in [5, 5.41) is 0. The van der Waals surface area contributed by atoms with Crippen molar-refractivity contribution in [1.29, 1.82) is 0 Å². The first-order chi connectivity index (χ1) is 6.82. The van der Waals surface area contributed by atoms with Crippen LogP contribution in [0, 0.1) is 0 Å². The van der Waals surface area contributed by atoms with E-state index in [0.29, 0.717) is 3.84 Å². The van der Waals surface area contributed by atoms with Crippen LogP contribution < -0.4 is 0 Å². The Morgan fingerprint density at radius 2 is 1.87 bits per heavy atom. The molecule has 0 aromatic heterocycles. The van der Waals surface area contributed by atoms with Crippen LogP contribution in [0.25, 0.3) is 0 Å². The molecule has 6 nitrogen and oxygen atoms in total. The molecule has 0 bridgehead atoms. The SMILES string of the molecule is CC(=O)OC(C)OC(=O)/N=C(/I)N(C)C. The summed E-state index contributed by atoms with van der Waals surface area (Å²) in [5.74, 6) is -0.512. The number of amides is 1. The molecule has 0 spiro atoms. The maximum Gasteiger partial charge on any atom is 0.439 e. The summed E-state index contributed by atoms with van der Waals surface area (Å²) in [6, 6.07) is 0. The average Bonchev–Trinajstić information content (AvgIpc) is 2.00. The van der Waals surface area contributed by atoms with Gasteiger partial charge in [0.05, 0.1) is 0 Å². The lowest BCUT2D eigenvalue weighted by Crippen LogP contribution is -2.21. The highest BCUT2D eigenvalue weighted by Crippen LogP contribution is 2.00. The highest BCUT2D eigenvalue weighted by Gasteiger charge is 2.11. The number of nitrogens with zero attached hydrogens (tertiary/aromatic N) is 2. The van der Waals surface area contributed by atoms with Crippen LogP contribution in [0.5, 0.6) is 0 Å². The van der Waals surface area contributed by atoms with Crippen LogP contribution in [0.1, 0.15) is 13.8 Å². The normalized spacial score (nSPS) is 13.0. The van der Waals surface area contributed by atoms with Crippen molar-refractivity contribution in [3.05, 3.63) is 0 Å². The molecule has 1 atom stereocenters. The van der Waals surface area contributed by atoms with Crippen LogP contribution in [-0.2, 0) is 14.3 Å². The lowest BCUT2D eigenvalue weighted by Gasteiger charge is -2.12. The fourth-order valence-corrected chi connectivity index (χ4v) is 0.798. The van der Waals surface area contributed by atoms with Gasteiger partial charge in [0.1, 0.15) is 0 Å². The molecule has 0 aliphatic rings. The van der Waals surface area contributed by atoms with Gasteiger partial charge in [0.25, 0.3) is 0 Å². The predicted octanol–water partition coefficient (Wildman–Crippen LogP) is 1.38. The Bertz CT molecular complexity index is 278. The average molecular weight is 328 g/mol. The summed E-state index contributed by atoms with van der Waals surface area (Å²) < 4.78 is 9.76. The molecule has 86 valence electrons. The summed E-state index contributed by atoms with van der Waals surface area (Å²) in [6.07, 6.45) is -1.72. The zero-order valence-corrected chi connectivity index (χ0v) is 11.1. The van der Waals surface area contributed by atoms with Crippen molar-refractivity contribution in [2.75, 3.05) is 14.1 Å². The Hall–Kier alpha value is -0.860. The summed E-state index contributed by atoms with van der Waals surface area (Å²) in [6.45, 7) is 2.68. The molecule has 0 aliphatic carbocycles. The van der Waals surface area contributed by atoms with Gasteiger partial charge in [-0.25, -0.2) is 4.79 Å². The third kappa shape index (κ3) is 7.11. The van der Waals surface area contributed by atoms with E-state index in [1.54, 1.807) is 19.0 Å². The van der Waals surface area contributed by atoms with Gasteiger partial charge < -0.3 is 14.4 Å². The zero-order chi connectivity index (χ0) is 12.0. The van der Waals surface area contributed by atoms with E-state index in [9.17, 15) is 9.59 Å². The van der Waals surface area contributed by atoms with E-state index >= 15 is 0 Å². The maximum absolute atomic E-state index is 11.1. The second-order valence-corrected chi connectivity index (χ2v) is 3.80. The molecule has 0 aromatic carbocycles. The molecule has 0 saturated carbocycles. The first-order valence-corrected chi connectivity index (χ1v) is 5.20. The molecule has 1 unspecified atom stereocenters. The van der Waals surface area contributed by atoms with Crippen molar-refractivity contribution in [3.63, 3.8) is 0 Å². The third-order valence-electron chi connectivity index (χ3n) is 1.15. The van der Waals surface area contributed by atoms with E-state index in [1.165, 1.54) is 13.8 Å². The van der Waals surface area contributed by atoms with Crippen LogP contribution >= 0.6 is 22.6 Å². The van der Waals surface area contributed by atoms with Crippen molar-refractivity contribution in [2.24, 2.45) is 4.99 Å². The van der Waals surface area contributed by atoms with Gasteiger partial charge in [-0.1, -0.05) is 0 Å². The molecule has 1 amide bonds. The van der Waals surface area contributed by atoms with Gasteiger partial charge in [0, 0.05) is 27.9 Å². The summed E-state index contributed by atoms with van der Waals surface area (Å²) in [4.78, 5) is 26.9. The minimum Gasteiger partial charge on any atom is -0.426 e. The number of halogens is 1. The van der Waals surface area contributed by atoms with Crippen LogP contribution in [-0.4, -0.2) is 41.2 Å². The summed E-state index contributed by atoms with van der Waals surface area (Å²) >= 11 is 1.89. The molecule has 0 aromatic rings. The fourth-order valence-electron chi connectivity index (χ4n) is 0.601. The van der Waals surface area contributed by atoms with Gasteiger partial charge in [0.15, 0.2) is 3.84 Å². The van der Waals surface area contributed by atoms with Gasteiger partial charge in [-0.3, -0.25) is 4.79 Å². The molecular weight excluding hydrogens is 315 g/mol. The van der Waals surface area contributed by atoms with Crippen molar-refractivity contribution < 1.29 is 19.1 Å². The molecule has 0 rings (SSSR count). The quantitative estimate of drug-likeness (QED) is 0.191. The molecule has 0 fully saturated rings. The lowest BCUT2D eigenvalue weighted by atomic mass is 10.7. The molecule has 0 N–H and O–H groups in total. The number of esters is 1. The van der Waals surface area contributed by atoms with Gasteiger partial charge in [-0.05, 0) is 22.6 Å². The standard InChI is InChI=1S/C8H13IN2O4/c1-5(12)14-6(2)15-8(13)10-7(9)11(3)4/h6H,1-4H3/b10-7-. The van der Waals surface area contributed by atoms with E-state index < -0.39 is 18.4 Å². The Morgan fingerprint density at radius 3 is 2.27 bits per heavy atom. The first-order valence-electron chi connectivity index (χ1n) is 4.12. The van der Waals surface area contributed by atoms with E-state index in [4.69, 9.17) is 0 Å². The van der Waals surface area contributed by atoms with Crippen molar-refractivity contribution in [2.45, 2.75) is 20.1 Å². The molecule has 7 heteroatoms. The number of rotatable bonds is 2. The van der Waals surface area contributed by atoms with Gasteiger partial charge >= 0.3 is 12.1 Å². The second kappa shape index (κ2) is 6.59. The van der Waals surface area contributed by atoms with Crippen LogP contribution in [0.2, 0.25) is 0 Å². The fraction of sp³-hybridized carbons (Fsp3) is 0.625. The second-order valence-electron chi connectivity index (χ2n) is 2.84. The number of carbonyl (C=O) groups excluding carboxylic acids is 2. The van der Waals surface area contributed by atoms with Crippen molar-refractivity contribution in [3.8, 4) is 0 Å². The highest BCUT2D eigenvalue weighted by molar-refractivity contribution is 14.1. The maximum atomic E-state index is 11.1. The van der Waals surface area contributed by atoms with Gasteiger partial charge in [0.2, 0.25) is 6.29 Å². The number of hydrogen-bond acceptors (Lipinski definition) is 4. The number of amidine groups is 1. The van der Waals surface area contributed by atoms with Crippen LogP contribution in [0.4, 0.5) is 4.79 Å². The number of aliphatic imine (C=N–C) groups is 1. The van der Waals surface area contributed by atoms with Gasteiger partial charge in [-0.2, -0.15) is 4.99 Å². The van der Waals surface area contributed by atoms with Crippen LogP contribution in [0.3, 0.4) is 0 Å². The molecule has 15 heavy (non-hydrogen) atoms. The minimum atomic E-state index is -0.926. The lowest BCUT2D eigenvalue weighted by molar-refractivity contribution is -0.161. The Balaban J connectivity index is 4.14. The van der Waals surface area contributed by atoms with E-state index in [2.05, 4.69) is 14.5 Å². The Labute approximate surface area is 102 Å². The molecular formula is C8H13IN2O4. The highest BCUT2D eigenvalue weighted by atomic mass is 127. The predicted molar refractivity (Wildman–Crippen MR) is 62.9 cm³/mol. The summed E-state index contributed by atoms with van der Waals surface area (Å²) in [5.41, 5.74) is 0. The van der Waals surface area contributed by atoms with E-state index in [1.807, 2.05) is 22.6 Å². The first kappa shape index (κ1) is 14.1. The molecule has 0 aliphatic heterocycles. The third-order valence-corrected chi connectivity index (χ3v) is 2.36. The minimum absolute atomic E-state index is 0.479. The summed E-state index contributed by atoms with van der Waals surface area (Å²) in [7, 11) is 3.49. The smallest absolute Gasteiger partial charge is 0.426 e. The van der Waals surface area contributed by atoms with Crippen LogP contribution in [0.15, 0.2) is 4.99 Å². The van der Waals surface area contributed by atoms with E-state index in [0.717, 1.165) is 0 Å². The van der Waals surface area contributed by atoms with E-state index in [-0.39, 0.29) is 0 Å². The molecule has 0 radical (unpaired) electrons. The van der Waals surface area contributed by atoms with Gasteiger partial charge in [-0.15, -0.1) is 0 Å². The Morgan fingerprint density at radius 1 is 1.33 bits per heavy atom. The Kier molecular flexibility index (Phi) is 6.21. The topological polar surface area (TPSA) is 68.2 Å². The van der Waals surface area contributed by atoms with Crippen molar-refractivity contribution in [1.82, 2.24) is 4.90 Å². The zero-order valence-electron chi connectivity index (χ0n) is 8.98. The molecule has 0 heterocycles. The number of ether oxygens (including phenoxy) is 2. The number of carbonyl (C=O) groups is 2. The molecule has 0 saturated heterocycles. The monoisotopic (exact) mass is 328 g/mol.